The van der Waals surface area contributed by atoms with Crippen LogP contribution < -0.4 is 0 Å². The molecule has 1 fully saturated rings. The molecule has 0 unspecified atom stereocenters. The highest BCUT2D eigenvalue weighted by Gasteiger charge is 2.24. The first-order valence-electron chi connectivity index (χ1n) is 7.68. The summed E-state index contributed by atoms with van der Waals surface area (Å²) in [6, 6.07) is 4.14. The number of hydrogen-bond donors (Lipinski definition) is 0. The molecule has 0 N–H and O–H groups in total. The third-order valence-corrected chi connectivity index (χ3v) is 5.28. The molecule has 1 aromatic rings. The van der Waals surface area contributed by atoms with Crippen molar-refractivity contribution in [3.05, 3.63) is 29.1 Å². The number of aromatic nitrogens is 1. The van der Waals surface area contributed by atoms with Gasteiger partial charge < -0.3 is 0 Å². The summed E-state index contributed by atoms with van der Waals surface area (Å²) >= 11 is 0. The molecule has 0 aromatic carbocycles. The van der Waals surface area contributed by atoms with Crippen LogP contribution in [0.4, 0.5) is 0 Å². The second-order valence-corrected chi connectivity index (χ2v) is 9.02. The summed E-state index contributed by atoms with van der Waals surface area (Å²) in [4.78, 5) is 6.68. The first-order chi connectivity index (χ1) is 10.6. The second-order valence-electron chi connectivity index (χ2n) is 7.04. The van der Waals surface area contributed by atoms with E-state index in [0.717, 1.165) is 11.3 Å². The maximum Gasteiger partial charge on any atom is 0.211 e. The zero-order chi connectivity index (χ0) is 17.3. The minimum atomic E-state index is -3.10. The highest BCUT2D eigenvalue weighted by molar-refractivity contribution is 7.88. The van der Waals surface area contributed by atoms with Crippen LogP contribution in [0.15, 0.2) is 12.3 Å². The van der Waals surface area contributed by atoms with Crippen LogP contribution in [0.25, 0.3) is 0 Å². The van der Waals surface area contributed by atoms with Gasteiger partial charge in [-0.05, 0) is 11.6 Å². The molecule has 0 spiro atoms. The fourth-order valence-electron chi connectivity index (χ4n) is 2.75. The Kier molecular flexibility index (Phi) is 5.09. The molecule has 1 saturated heterocycles. The number of nitrogens with zero attached hydrogens (tertiary/aromatic N) is 4. The third kappa shape index (κ3) is 4.50. The van der Waals surface area contributed by atoms with E-state index in [9.17, 15) is 13.7 Å². The normalized spacial score (nSPS) is 17.9. The average Bonchev–Trinajstić information content (AvgIpc) is 2.45. The Balaban J connectivity index is 2.07. The molecule has 2 rings (SSSR count). The highest BCUT2D eigenvalue weighted by Crippen LogP contribution is 2.24. The van der Waals surface area contributed by atoms with E-state index >= 15 is 0 Å². The van der Waals surface area contributed by atoms with E-state index in [2.05, 4.69) is 16.0 Å². The van der Waals surface area contributed by atoms with Gasteiger partial charge in [0.05, 0.1) is 17.5 Å². The summed E-state index contributed by atoms with van der Waals surface area (Å²) < 4.78 is 24.6. The summed E-state index contributed by atoms with van der Waals surface area (Å²) in [6.07, 6.45) is 3.07. The number of hydrogen-bond acceptors (Lipinski definition) is 5. The molecular formula is C16H24N4O2S. The van der Waals surface area contributed by atoms with E-state index in [1.54, 1.807) is 0 Å². The second kappa shape index (κ2) is 6.56. The Morgan fingerprint density at radius 2 is 1.87 bits per heavy atom. The van der Waals surface area contributed by atoms with Gasteiger partial charge in [0, 0.05) is 44.3 Å². The molecule has 1 aliphatic rings. The predicted molar refractivity (Wildman–Crippen MR) is 89.3 cm³/mol. The molecule has 1 aliphatic heterocycles. The van der Waals surface area contributed by atoms with Gasteiger partial charge in [0.25, 0.3) is 0 Å². The number of sulfonamides is 1. The van der Waals surface area contributed by atoms with Crippen molar-refractivity contribution < 1.29 is 8.42 Å². The Morgan fingerprint density at radius 1 is 1.26 bits per heavy atom. The molecule has 6 nitrogen and oxygen atoms in total. The lowest BCUT2D eigenvalue weighted by Crippen LogP contribution is -2.47. The molecule has 2 heterocycles. The van der Waals surface area contributed by atoms with Gasteiger partial charge in [-0.3, -0.25) is 9.88 Å². The van der Waals surface area contributed by atoms with Gasteiger partial charge in [-0.2, -0.15) is 9.57 Å². The molecule has 0 amide bonds. The Bertz CT molecular complexity index is 709. The highest BCUT2D eigenvalue weighted by atomic mass is 32.2. The van der Waals surface area contributed by atoms with Gasteiger partial charge in [0.2, 0.25) is 10.0 Å². The van der Waals surface area contributed by atoms with Crippen LogP contribution in [0.3, 0.4) is 0 Å². The van der Waals surface area contributed by atoms with Crippen molar-refractivity contribution in [2.45, 2.75) is 32.7 Å². The van der Waals surface area contributed by atoms with Crippen LogP contribution in [0.1, 0.15) is 37.6 Å². The van der Waals surface area contributed by atoms with Gasteiger partial charge in [-0.25, -0.2) is 8.42 Å². The quantitative estimate of drug-likeness (QED) is 0.832. The van der Waals surface area contributed by atoms with E-state index in [1.165, 1.54) is 10.6 Å². The van der Waals surface area contributed by atoms with Crippen LogP contribution in [-0.4, -0.2) is 55.0 Å². The van der Waals surface area contributed by atoms with Crippen LogP contribution in [-0.2, 0) is 22.0 Å². The summed E-state index contributed by atoms with van der Waals surface area (Å²) in [5, 5.41) is 9.36. The van der Waals surface area contributed by atoms with Gasteiger partial charge in [0.15, 0.2) is 0 Å². The maximum absolute atomic E-state index is 11.5. The summed E-state index contributed by atoms with van der Waals surface area (Å²) in [7, 11) is -3.10. The van der Waals surface area contributed by atoms with E-state index in [4.69, 9.17) is 0 Å². The maximum atomic E-state index is 11.5. The molecule has 0 atom stereocenters. The summed E-state index contributed by atoms with van der Waals surface area (Å²) in [5.41, 5.74) is 2.25. The number of nitriles is 1. The van der Waals surface area contributed by atoms with Gasteiger partial charge in [-0.15, -0.1) is 0 Å². The standard InChI is InChI=1S/C16H24N4O2S/c1-16(2,3)15-14(10-17)9-13(11-18-15)12-19-5-7-20(8-6-19)23(4,21)22/h9,11H,5-8,12H2,1-4H3. The lowest BCUT2D eigenvalue weighted by Gasteiger charge is -2.33. The van der Waals surface area contributed by atoms with E-state index in [1.807, 2.05) is 33.0 Å². The summed E-state index contributed by atoms with van der Waals surface area (Å²) in [5.74, 6) is 0. The first kappa shape index (κ1) is 17.9. The van der Waals surface area contributed by atoms with E-state index in [-0.39, 0.29) is 5.41 Å². The topological polar surface area (TPSA) is 77.3 Å². The molecule has 23 heavy (non-hydrogen) atoms. The summed E-state index contributed by atoms with van der Waals surface area (Å²) in [6.45, 7) is 9.21. The smallest absolute Gasteiger partial charge is 0.211 e. The minimum Gasteiger partial charge on any atom is -0.296 e. The van der Waals surface area contributed by atoms with Crippen molar-refractivity contribution >= 4 is 10.0 Å². The lowest BCUT2D eigenvalue weighted by molar-refractivity contribution is 0.182. The number of rotatable bonds is 3. The number of piperazine rings is 1. The molecule has 1 aromatic heterocycles. The van der Waals surface area contributed by atoms with Crippen molar-refractivity contribution in [2.24, 2.45) is 0 Å². The Morgan fingerprint density at radius 3 is 2.35 bits per heavy atom. The fraction of sp³-hybridized carbons (Fsp3) is 0.625. The van der Waals surface area contributed by atoms with Crippen molar-refractivity contribution in [3.8, 4) is 6.07 Å². The van der Waals surface area contributed by atoms with E-state index in [0.29, 0.717) is 38.3 Å². The van der Waals surface area contributed by atoms with Gasteiger partial charge in [0.1, 0.15) is 6.07 Å². The van der Waals surface area contributed by atoms with Crippen LogP contribution in [0.2, 0.25) is 0 Å². The van der Waals surface area contributed by atoms with E-state index < -0.39 is 10.0 Å². The zero-order valence-corrected chi connectivity index (χ0v) is 15.0. The predicted octanol–water partition coefficient (Wildman–Crippen LogP) is 1.33. The number of pyridine rings is 1. The average molecular weight is 336 g/mol. The van der Waals surface area contributed by atoms with Crippen LogP contribution in [0, 0.1) is 11.3 Å². The molecular weight excluding hydrogens is 312 g/mol. The molecule has 0 saturated carbocycles. The first-order valence-corrected chi connectivity index (χ1v) is 9.53. The van der Waals surface area contributed by atoms with Crippen LogP contribution in [0.5, 0.6) is 0 Å². The molecule has 0 bridgehead atoms. The van der Waals surface area contributed by atoms with Crippen molar-refractivity contribution in [2.75, 3.05) is 32.4 Å². The zero-order valence-electron chi connectivity index (χ0n) is 14.2. The third-order valence-electron chi connectivity index (χ3n) is 3.98. The SMILES string of the molecule is CC(C)(C)c1ncc(CN2CCN(S(C)(=O)=O)CC2)cc1C#N. The van der Waals surface area contributed by atoms with Gasteiger partial charge >= 0.3 is 0 Å². The fourth-order valence-corrected chi connectivity index (χ4v) is 3.58. The van der Waals surface area contributed by atoms with Crippen LogP contribution >= 0.6 is 0 Å². The molecule has 0 aliphatic carbocycles. The monoisotopic (exact) mass is 336 g/mol. The minimum absolute atomic E-state index is 0.162. The largest absolute Gasteiger partial charge is 0.296 e. The van der Waals surface area contributed by atoms with Crippen molar-refractivity contribution in [1.82, 2.24) is 14.2 Å². The van der Waals surface area contributed by atoms with Crippen molar-refractivity contribution in [3.63, 3.8) is 0 Å². The Hall–Kier alpha value is -1.49. The molecule has 126 valence electrons. The molecule has 0 radical (unpaired) electrons. The van der Waals surface area contributed by atoms with Crippen molar-refractivity contribution in [1.29, 1.82) is 5.26 Å². The molecule has 7 heteroatoms. The van der Waals surface area contributed by atoms with Gasteiger partial charge in [-0.1, -0.05) is 20.8 Å². The lowest BCUT2D eigenvalue weighted by atomic mass is 9.88. The Labute approximate surface area is 138 Å².